The van der Waals surface area contributed by atoms with Crippen LogP contribution in [0.25, 0.3) is 0 Å². The van der Waals surface area contributed by atoms with Crippen LogP contribution in [0.5, 0.6) is 0 Å². The molecule has 26 heavy (non-hydrogen) atoms. The Kier molecular flexibility index (Phi) is 4.29. The minimum atomic E-state index is -4.80. The molecule has 2 aliphatic rings. The van der Waals surface area contributed by atoms with E-state index >= 15 is 0 Å². The number of nitrogens with zero attached hydrogens (tertiary/aromatic N) is 1. The molecule has 0 saturated carbocycles. The van der Waals surface area contributed by atoms with Gasteiger partial charge in [0, 0.05) is 11.6 Å². The van der Waals surface area contributed by atoms with Gasteiger partial charge in [0.05, 0.1) is 35.5 Å². The van der Waals surface area contributed by atoms with E-state index in [0.29, 0.717) is 6.07 Å². The van der Waals surface area contributed by atoms with Crippen molar-refractivity contribution in [3.8, 4) is 6.07 Å². The van der Waals surface area contributed by atoms with E-state index in [-0.39, 0.29) is 5.69 Å². The second-order valence-electron chi connectivity index (χ2n) is 6.40. The minimum absolute atomic E-state index is 0.315. The van der Waals surface area contributed by atoms with E-state index < -0.39 is 56.8 Å². The number of aliphatic hydroxyl groups is 1. The number of anilines is 1. The molecule has 0 aliphatic carbocycles. The van der Waals surface area contributed by atoms with Crippen molar-refractivity contribution < 1.29 is 31.4 Å². The molecule has 2 bridgehead atoms. The van der Waals surface area contributed by atoms with Gasteiger partial charge in [-0.1, -0.05) is 12.2 Å². The fourth-order valence-corrected chi connectivity index (χ4v) is 5.33. The number of nitrogens with one attached hydrogen (secondary N) is 1. The molecule has 10 heteroatoms. The summed E-state index contributed by atoms with van der Waals surface area (Å²) >= 11 is 0. The Morgan fingerprint density at radius 3 is 2.69 bits per heavy atom. The first kappa shape index (κ1) is 18.7. The fraction of sp³-hybridized carbons (Fsp3) is 0.438. The Hall–Kier alpha value is -2.09. The third kappa shape index (κ3) is 2.96. The SMILES string of the molecule is CC12C=CC(O1)C(S(=O)(=O)Nc1ccc(C#N)c(C(F)(F)F)c1)C2CO. The summed E-state index contributed by atoms with van der Waals surface area (Å²) in [5, 5.41) is 17.2. The van der Waals surface area contributed by atoms with Crippen molar-refractivity contribution in [3.05, 3.63) is 41.5 Å². The standard InChI is InChI=1S/C16H15F3N2O4S/c1-15-5-4-13(25-15)14(12(15)8-22)26(23,24)21-10-3-2-9(7-20)11(6-10)16(17,18)19/h2-6,12-14,21-22H,8H2,1H3. The average molecular weight is 388 g/mol. The smallest absolute Gasteiger partial charge is 0.396 e. The number of halogens is 3. The topological polar surface area (TPSA) is 99.4 Å². The Labute approximate surface area is 147 Å². The third-order valence-corrected chi connectivity index (χ3v) is 6.56. The summed E-state index contributed by atoms with van der Waals surface area (Å²) < 4.78 is 72.3. The van der Waals surface area contributed by atoms with E-state index in [9.17, 15) is 26.7 Å². The number of hydrogen-bond acceptors (Lipinski definition) is 5. The van der Waals surface area contributed by atoms with E-state index in [1.54, 1.807) is 19.1 Å². The molecule has 140 valence electrons. The molecule has 4 atom stereocenters. The van der Waals surface area contributed by atoms with Gasteiger partial charge in [0.25, 0.3) is 0 Å². The van der Waals surface area contributed by atoms with Crippen molar-refractivity contribution in [2.24, 2.45) is 5.92 Å². The van der Waals surface area contributed by atoms with Crippen molar-refractivity contribution in [2.45, 2.75) is 30.1 Å². The molecule has 1 saturated heterocycles. The molecule has 1 aromatic rings. The van der Waals surface area contributed by atoms with Crippen LogP contribution >= 0.6 is 0 Å². The second kappa shape index (κ2) is 5.97. The van der Waals surface area contributed by atoms with Gasteiger partial charge in [-0.3, -0.25) is 4.72 Å². The lowest BCUT2D eigenvalue weighted by molar-refractivity contribution is -0.137. The molecular weight excluding hydrogens is 373 g/mol. The van der Waals surface area contributed by atoms with Crippen LogP contribution in [0.15, 0.2) is 30.4 Å². The molecule has 0 amide bonds. The van der Waals surface area contributed by atoms with Gasteiger partial charge in [-0.25, -0.2) is 8.42 Å². The Balaban J connectivity index is 1.94. The highest BCUT2D eigenvalue weighted by Gasteiger charge is 2.58. The molecular formula is C16H15F3N2O4S. The molecule has 0 spiro atoms. The molecule has 6 nitrogen and oxygen atoms in total. The number of aliphatic hydroxyl groups excluding tert-OH is 1. The predicted molar refractivity (Wildman–Crippen MR) is 85.5 cm³/mol. The lowest BCUT2D eigenvalue weighted by Gasteiger charge is -2.29. The van der Waals surface area contributed by atoms with Crippen LogP contribution in [-0.2, 0) is 20.9 Å². The third-order valence-electron chi connectivity index (χ3n) is 4.72. The largest absolute Gasteiger partial charge is 0.417 e. The van der Waals surface area contributed by atoms with E-state index in [1.165, 1.54) is 6.07 Å². The molecule has 4 unspecified atom stereocenters. The van der Waals surface area contributed by atoms with Crippen LogP contribution in [-0.4, -0.2) is 37.1 Å². The van der Waals surface area contributed by atoms with Gasteiger partial charge in [-0.2, -0.15) is 18.4 Å². The number of fused-ring (bicyclic) bond motifs is 2. The van der Waals surface area contributed by atoms with Crippen molar-refractivity contribution in [2.75, 3.05) is 11.3 Å². The van der Waals surface area contributed by atoms with E-state index in [4.69, 9.17) is 10.00 Å². The van der Waals surface area contributed by atoms with Crippen molar-refractivity contribution >= 4 is 15.7 Å². The van der Waals surface area contributed by atoms with Gasteiger partial charge in [0.2, 0.25) is 10.0 Å². The molecule has 1 aromatic carbocycles. The highest BCUT2D eigenvalue weighted by molar-refractivity contribution is 7.93. The first-order valence-corrected chi connectivity index (χ1v) is 9.17. The molecule has 0 aromatic heterocycles. The maximum Gasteiger partial charge on any atom is 0.417 e. The summed E-state index contributed by atoms with van der Waals surface area (Å²) in [4.78, 5) is 0. The van der Waals surface area contributed by atoms with Crippen LogP contribution in [0, 0.1) is 17.2 Å². The molecule has 0 radical (unpaired) electrons. The number of rotatable bonds is 4. The average Bonchev–Trinajstić information content (AvgIpc) is 3.06. The summed E-state index contributed by atoms with van der Waals surface area (Å²) in [6, 6.07) is 4.00. The first-order chi connectivity index (χ1) is 12.0. The minimum Gasteiger partial charge on any atom is -0.396 e. The molecule has 3 rings (SSSR count). The number of benzene rings is 1. The summed E-state index contributed by atoms with van der Waals surface area (Å²) in [5.74, 6) is -0.754. The molecule has 1 fully saturated rings. The molecule has 2 heterocycles. The van der Waals surface area contributed by atoms with Crippen LogP contribution in [0.3, 0.4) is 0 Å². The zero-order valence-electron chi connectivity index (χ0n) is 13.5. The normalized spacial score (nSPS) is 30.4. The van der Waals surface area contributed by atoms with Gasteiger partial charge in [0.15, 0.2) is 0 Å². The van der Waals surface area contributed by atoms with Crippen molar-refractivity contribution in [3.63, 3.8) is 0 Å². The highest BCUT2D eigenvalue weighted by atomic mass is 32.2. The zero-order chi connectivity index (χ0) is 19.3. The number of ether oxygens (including phenoxy) is 1. The van der Waals surface area contributed by atoms with Gasteiger partial charge in [-0.15, -0.1) is 0 Å². The van der Waals surface area contributed by atoms with Crippen LogP contribution in [0.2, 0.25) is 0 Å². The van der Waals surface area contributed by atoms with Gasteiger partial charge in [0.1, 0.15) is 5.25 Å². The summed E-state index contributed by atoms with van der Waals surface area (Å²) in [6.07, 6.45) is -2.36. The van der Waals surface area contributed by atoms with Crippen LogP contribution < -0.4 is 4.72 Å². The van der Waals surface area contributed by atoms with Gasteiger partial charge < -0.3 is 9.84 Å². The zero-order valence-corrected chi connectivity index (χ0v) is 14.3. The van der Waals surface area contributed by atoms with E-state index in [1.807, 2.05) is 0 Å². The maximum atomic E-state index is 13.0. The number of alkyl halides is 3. The Bertz CT molecular complexity index is 907. The van der Waals surface area contributed by atoms with Crippen LogP contribution in [0.1, 0.15) is 18.1 Å². The van der Waals surface area contributed by atoms with Crippen LogP contribution in [0.4, 0.5) is 18.9 Å². The summed E-state index contributed by atoms with van der Waals surface area (Å²) in [5.41, 5.74) is -3.09. The van der Waals surface area contributed by atoms with Gasteiger partial charge in [-0.05, 0) is 25.1 Å². The number of nitriles is 1. The molecule has 2 N–H and O–H groups in total. The van der Waals surface area contributed by atoms with Crippen molar-refractivity contribution in [1.82, 2.24) is 0 Å². The monoisotopic (exact) mass is 388 g/mol. The predicted octanol–water partition coefficient (Wildman–Crippen LogP) is 2.02. The first-order valence-electron chi connectivity index (χ1n) is 7.63. The quantitative estimate of drug-likeness (QED) is 0.769. The van der Waals surface area contributed by atoms with E-state index in [2.05, 4.69) is 4.72 Å². The summed E-state index contributed by atoms with van der Waals surface area (Å²) in [7, 11) is -4.16. The van der Waals surface area contributed by atoms with E-state index in [0.717, 1.165) is 12.1 Å². The molecule has 2 aliphatic heterocycles. The van der Waals surface area contributed by atoms with Crippen molar-refractivity contribution in [1.29, 1.82) is 5.26 Å². The van der Waals surface area contributed by atoms with Gasteiger partial charge >= 0.3 is 6.18 Å². The lowest BCUT2D eigenvalue weighted by atomic mass is 9.84. The second-order valence-corrected chi connectivity index (χ2v) is 8.23. The Morgan fingerprint density at radius 2 is 2.12 bits per heavy atom. The summed E-state index contributed by atoms with van der Waals surface area (Å²) in [6.45, 7) is 1.19. The number of sulfonamides is 1. The fourth-order valence-electron chi connectivity index (χ4n) is 3.45. The Morgan fingerprint density at radius 1 is 1.42 bits per heavy atom. The highest BCUT2D eigenvalue weighted by Crippen LogP contribution is 2.46. The lowest BCUT2D eigenvalue weighted by Crippen LogP contribution is -2.45. The number of hydrogen-bond donors (Lipinski definition) is 2. The maximum absolute atomic E-state index is 13.0.